The Labute approximate surface area is 115 Å². The molecule has 1 amide bonds. The summed E-state index contributed by atoms with van der Waals surface area (Å²) >= 11 is 1.59. The number of nitro groups is 1. The number of nitrogens with one attached hydrogen (secondary N) is 1. The molecule has 0 aliphatic heterocycles. The van der Waals surface area contributed by atoms with Crippen molar-refractivity contribution in [3.8, 4) is 5.75 Å². The van der Waals surface area contributed by atoms with Crippen LogP contribution in [-0.4, -0.2) is 33.5 Å². The molecule has 6 nitrogen and oxygen atoms in total. The molecule has 1 aromatic rings. The molecule has 0 atom stereocenters. The Morgan fingerprint density at radius 1 is 1.53 bits per heavy atom. The third-order valence-electron chi connectivity index (χ3n) is 2.68. The fourth-order valence-electron chi connectivity index (χ4n) is 1.32. The van der Waals surface area contributed by atoms with Crippen LogP contribution >= 0.6 is 11.8 Å². The summed E-state index contributed by atoms with van der Waals surface area (Å²) in [5.74, 6) is -1.13. The van der Waals surface area contributed by atoms with E-state index in [0.29, 0.717) is 6.54 Å². The highest BCUT2D eigenvalue weighted by atomic mass is 32.2. The molecule has 0 aromatic heterocycles. The molecule has 0 bridgehead atoms. The van der Waals surface area contributed by atoms with Gasteiger partial charge in [0.25, 0.3) is 5.91 Å². The molecule has 2 N–H and O–H groups in total. The SMILES string of the molecule is CSC(C)(C)CNC(=O)c1cccc([N+](=O)[O-])c1O. The zero-order chi connectivity index (χ0) is 14.6. The van der Waals surface area contributed by atoms with Crippen molar-refractivity contribution >= 4 is 23.4 Å². The van der Waals surface area contributed by atoms with E-state index in [1.807, 2.05) is 20.1 Å². The van der Waals surface area contributed by atoms with Crippen LogP contribution in [0.1, 0.15) is 24.2 Å². The highest BCUT2D eigenvalue weighted by molar-refractivity contribution is 7.99. The predicted octanol–water partition coefficient (Wildman–Crippen LogP) is 2.17. The van der Waals surface area contributed by atoms with E-state index in [0.717, 1.165) is 6.07 Å². The van der Waals surface area contributed by atoms with E-state index in [1.54, 1.807) is 11.8 Å². The summed E-state index contributed by atoms with van der Waals surface area (Å²) in [7, 11) is 0. The Kier molecular flexibility index (Phi) is 4.77. The second-order valence-corrected chi connectivity index (χ2v) is 6.09. The highest BCUT2D eigenvalue weighted by Gasteiger charge is 2.23. The smallest absolute Gasteiger partial charge is 0.311 e. The third-order valence-corrected chi connectivity index (χ3v) is 3.93. The van der Waals surface area contributed by atoms with Crippen LogP contribution in [0.25, 0.3) is 0 Å². The van der Waals surface area contributed by atoms with Crippen LogP contribution in [0.5, 0.6) is 5.75 Å². The van der Waals surface area contributed by atoms with Gasteiger partial charge in [-0.3, -0.25) is 14.9 Å². The number of benzene rings is 1. The van der Waals surface area contributed by atoms with Crippen molar-refractivity contribution in [1.82, 2.24) is 5.32 Å². The number of carbonyl (C=O) groups is 1. The summed E-state index contributed by atoms with van der Waals surface area (Å²) in [6.45, 7) is 4.33. The normalized spacial score (nSPS) is 11.1. The number of rotatable bonds is 5. The van der Waals surface area contributed by atoms with E-state index in [2.05, 4.69) is 5.32 Å². The molecule has 104 valence electrons. The fraction of sp³-hybridized carbons (Fsp3) is 0.417. The molecule has 0 aliphatic carbocycles. The minimum atomic E-state index is -0.724. The number of aromatic hydroxyl groups is 1. The van der Waals surface area contributed by atoms with E-state index in [4.69, 9.17) is 0 Å². The van der Waals surface area contributed by atoms with Gasteiger partial charge in [0.15, 0.2) is 0 Å². The molecule has 19 heavy (non-hydrogen) atoms. The van der Waals surface area contributed by atoms with Crippen LogP contribution in [-0.2, 0) is 0 Å². The first kappa shape index (κ1) is 15.3. The zero-order valence-corrected chi connectivity index (χ0v) is 11.8. The topological polar surface area (TPSA) is 92.5 Å². The van der Waals surface area contributed by atoms with E-state index >= 15 is 0 Å². The van der Waals surface area contributed by atoms with Gasteiger partial charge >= 0.3 is 5.69 Å². The average molecular weight is 284 g/mol. The third kappa shape index (κ3) is 3.85. The number of nitrogens with zero attached hydrogens (tertiary/aromatic N) is 1. The molecule has 0 radical (unpaired) electrons. The van der Waals surface area contributed by atoms with Crippen LogP contribution in [0.15, 0.2) is 18.2 Å². The molecule has 1 aromatic carbocycles. The van der Waals surface area contributed by atoms with Crippen molar-refractivity contribution in [3.63, 3.8) is 0 Å². The number of phenolic OH excluding ortho intramolecular Hbond substituents is 1. The van der Waals surface area contributed by atoms with Gasteiger partial charge in [0.05, 0.1) is 10.5 Å². The first-order chi connectivity index (χ1) is 8.78. The van der Waals surface area contributed by atoms with Crippen molar-refractivity contribution in [2.24, 2.45) is 0 Å². The molecule has 0 fully saturated rings. The highest BCUT2D eigenvalue weighted by Crippen LogP contribution is 2.29. The minimum absolute atomic E-state index is 0.0916. The van der Waals surface area contributed by atoms with Crippen LogP contribution in [0.2, 0.25) is 0 Å². The number of hydrogen-bond acceptors (Lipinski definition) is 5. The molecular formula is C12H16N2O4S. The Hall–Kier alpha value is -1.76. The van der Waals surface area contributed by atoms with Crippen LogP contribution in [0.4, 0.5) is 5.69 Å². The van der Waals surface area contributed by atoms with Gasteiger partial charge in [0.1, 0.15) is 0 Å². The largest absolute Gasteiger partial charge is 0.502 e. The van der Waals surface area contributed by atoms with Gasteiger partial charge in [-0.25, -0.2) is 0 Å². The molecule has 0 heterocycles. The zero-order valence-electron chi connectivity index (χ0n) is 11.0. The molecule has 0 spiro atoms. The van der Waals surface area contributed by atoms with Crippen molar-refractivity contribution < 1.29 is 14.8 Å². The molecule has 0 aliphatic rings. The number of phenols is 1. The fourth-order valence-corrected chi connectivity index (χ4v) is 1.54. The number of para-hydroxylation sites is 1. The summed E-state index contributed by atoms with van der Waals surface area (Å²) in [5.41, 5.74) is -0.567. The Morgan fingerprint density at radius 2 is 2.16 bits per heavy atom. The van der Waals surface area contributed by atoms with E-state index in [9.17, 15) is 20.0 Å². The second-order valence-electron chi connectivity index (χ2n) is 4.58. The predicted molar refractivity (Wildman–Crippen MR) is 74.7 cm³/mol. The molecule has 0 saturated heterocycles. The molecule has 0 saturated carbocycles. The van der Waals surface area contributed by atoms with Crippen LogP contribution < -0.4 is 5.32 Å². The second kappa shape index (κ2) is 5.92. The maximum Gasteiger partial charge on any atom is 0.311 e. The van der Waals surface area contributed by atoms with Crippen molar-refractivity contribution in [2.75, 3.05) is 12.8 Å². The van der Waals surface area contributed by atoms with Gasteiger partial charge in [0, 0.05) is 17.4 Å². The Morgan fingerprint density at radius 3 is 2.68 bits per heavy atom. The Balaban J connectivity index is 2.89. The van der Waals surface area contributed by atoms with Crippen molar-refractivity contribution in [3.05, 3.63) is 33.9 Å². The number of thioether (sulfide) groups is 1. The number of hydrogen-bond donors (Lipinski definition) is 2. The van der Waals surface area contributed by atoms with Gasteiger partial charge in [0.2, 0.25) is 5.75 Å². The first-order valence-electron chi connectivity index (χ1n) is 5.58. The quantitative estimate of drug-likeness (QED) is 0.638. The lowest BCUT2D eigenvalue weighted by atomic mass is 10.1. The summed E-state index contributed by atoms with van der Waals surface area (Å²) in [6.07, 6.45) is 1.93. The number of amides is 1. The van der Waals surface area contributed by atoms with Gasteiger partial charge in [-0.05, 0) is 26.2 Å². The van der Waals surface area contributed by atoms with Gasteiger partial charge < -0.3 is 10.4 Å². The first-order valence-corrected chi connectivity index (χ1v) is 6.80. The van der Waals surface area contributed by atoms with E-state index in [1.165, 1.54) is 12.1 Å². The van der Waals surface area contributed by atoms with E-state index < -0.39 is 22.3 Å². The molecular weight excluding hydrogens is 268 g/mol. The van der Waals surface area contributed by atoms with Crippen molar-refractivity contribution in [1.29, 1.82) is 0 Å². The standard InChI is InChI=1S/C12H16N2O4S/c1-12(2,19-3)7-13-11(16)8-5-4-6-9(10(8)15)14(17)18/h4-6,15H,7H2,1-3H3,(H,13,16). The lowest BCUT2D eigenvalue weighted by Gasteiger charge is -2.22. The molecule has 1 rings (SSSR count). The van der Waals surface area contributed by atoms with Gasteiger partial charge in [-0.2, -0.15) is 11.8 Å². The van der Waals surface area contributed by atoms with Crippen molar-refractivity contribution in [2.45, 2.75) is 18.6 Å². The summed E-state index contributed by atoms with van der Waals surface area (Å²) in [4.78, 5) is 21.8. The van der Waals surface area contributed by atoms with Gasteiger partial charge in [-0.1, -0.05) is 6.07 Å². The lowest BCUT2D eigenvalue weighted by molar-refractivity contribution is -0.385. The number of carbonyl (C=O) groups excluding carboxylic acids is 1. The monoisotopic (exact) mass is 284 g/mol. The average Bonchev–Trinajstić information content (AvgIpc) is 2.36. The maximum absolute atomic E-state index is 11.9. The summed E-state index contributed by atoms with van der Waals surface area (Å²) < 4.78 is -0.147. The molecule has 7 heteroatoms. The van der Waals surface area contributed by atoms with Crippen LogP contribution in [0, 0.1) is 10.1 Å². The maximum atomic E-state index is 11.9. The lowest BCUT2D eigenvalue weighted by Crippen LogP contribution is -2.36. The number of nitro benzene ring substituents is 1. The summed E-state index contributed by atoms with van der Waals surface area (Å²) in [6, 6.07) is 3.87. The Bertz CT molecular complexity index is 503. The van der Waals surface area contributed by atoms with E-state index in [-0.39, 0.29) is 10.3 Å². The molecule has 0 unspecified atom stereocenters. The van der Waals surface area contributed by atoms with Gasteiger partial charge in [-0.15, -0.1) is 0 Å². The minimum Gasteiger partial charge on any atom is -0.502 e. The summed E-state index contributed by atoms with van der Waals surface area (Å²) in [5, 5.41) is 23.0. The van der Waals surface area contributed by atoms with Crippen LogP contribution in [0.3, 0.4) is 0 Å².